The first-order chi connectivity index (χ1) is 13.6. The Hall–Kier alpha value is -2.50. The lowest BCUT2D eigenvalue weighted by molar-refractivity contribution is -0.143. The van der Waals surface area contributed by atoms with E-state index in [1.807, 2.05) is 0 Å². The number of halogens is 3. The van der Waals surface area contributed by atoms with Crippen molar-refractivity contribution in [2.24, 2.45) is 7.05 Å². The van der Waals surface area contributed by atoms with Gasteiger partial charge in [-0.1, -0.05) is 11.6 Å². The van der Waals surface area contributed by atoms with Crippen LogP contribution in [0.5, 0.6) is 0 Å². The van der Waals surface area contributed by atoms with Gasteiger partial charge < -0.3 is 14.6 Å². The van der Waals surface area contributed by atoms with Crippen LogP contribution in [-0.4, -0.2) is 37.9 Å². The van der Waals surface area contributed by atoms with Crippen molar-refractivity contribution in [1.29, 1.82) is 0 Å². The maximum absolute atomic E-state index is 13.5. The topological polar surface area (TPSA) is 101 Å². The summed E-state index contributed by atoms with van der Waals surface area (Å²) in [6.07, 6.45) is 2.02. The Morgan fingerprint density at radius 3 is 2.52 bits per heavy atom. The minimum Gasteiger partial charge on any atom is -0.467 e. The van der Waals surface area contributed by atoms with Crippen LogP contribution in [0.15, 0.2) is 24.4 Å². The molecule has 1 aliphatic carbocycles. The van der Waals surface area contributed by atoms with Crippen LogP contribution >= 0.6 is 11.6 Å². The highest BCUT2D eigenvalue weighted by Gasteiger charge is 2.58. The number of nitrogens with zero attached hydrogens (tertiary/aromatic N) is 2. The second kappa shape index (κ2) is 7.73. The number of carbonyl (C=O) groups is 2. The number of aryl methyl sites for hydroxylation is 1. The molecule has 1 aromatic heterocycles. The van der Waals surface area contributed by atoms with Crippen LogP contribution in [0.1, 0.15) is 23.3 Å². The van der Waals surface area contributed by atoms with Crippen LogP contribution < -0.4 is 9.62 Å². The predicted octanol–water partition coefficient (Wildman–Crippen LogP) is 2.86. The van der Waals surface area contributed by atoms with E-state index in [-0.39, 0.29) is 17.1 Å². The van der Waals surface area contributed by atoms with E-state index in [2.05, 4.69) is 5.32 Å². The van der Waals surface area contributed by atoms with Gasteiger partial charge in [0.05, 0.1) is 17.8 Å². The monoisotopic (exact) mass is 447 g/mol. The Kier molecular flexibility index (Phi) is 5.65. The van der Waals surface area contributed by atoms with E-state index in [4.69, 9.17) is 16.3 Å². The number of esters is 1. The summed E-state index contributed by atoms with van der Waals surface area (Å²) in [4.78, 5) is 24.7. The van der Waals surface area contributed by atoms with Crippen molar-refractivity contribution in [1.82, 2.24) is 4.57 Å². The number of hydrogen-bond acceptors (Lipinski definition) is 4. The zero-order valence-corrected chi connectivity index (χ0v) is 16.8. The number of hydrogen-bond donors (Lipinski definition) is 2. The highest BCUT2D eigenvalue weighted by molar-refractivity contribution is 7.80. The van der Waals surface area contributed by atoms with Gasteiger partial charge >= 0.3 is 5.97 Å². The standard InChI is InChI=1S/C17H16ClF2N3O5S/c1-22-8-10(23(29(26)27)17(3-4-17)16(25)28-2)7-13(22)15(24)21-9-5-11(18)14(20)12(19)6-9/h5-8H,3-4H2,1-2H3,(H,21,24)(H,26,27). The van der Waals surface area contributed by atoms with Crippen molar-refractivity contribution in [2.75, 3.05) is 16.7 Å². The van der Waals surface area contributed by atoms with E-state index < -0.39 is 45.3 Å². The lowest BCUT2D eigenvalue weighted by Gasteiger charge is -2.26. The molecule has 1 fully saturated rings. The third-order valence-electron chi connectivity index (χ3n) is 4.53. The molecule has 0 bridgehead atoms. The molecule has 0 saturated heterocycles. The number of nitrogens with one attached hydrogen (secondary N) is 1. The zero-order valence-electron chi connectivity index (χ0n) is 15.2. The van der Waals surface area contributed by atoms with Gasteiger partial charge in [-0.15, -0.1) is 0 Å². The molecule has 0 aliphatic heterocycles. The van der Waals surface area contributed by atoms with E-state index in [1.54, 1.807) is 0 Å². The van der Waals surface area contributed by atoms with Crippen molar-refractivity contribution in [3.05, 3.63) is 46.7 Å². The van der Waals surface area contributed by atoms with E-state index in [9.17, 15) is 27.1 Å². The van der Waals surface area contributed by atoms with Gasteiger partial charge in [0, 0.05) is 25.0 Å². The maximum Gasteiger partial charge on any atom is 0.332 e. The average molecular weight is 448 g/mol. The van der Waals surface area contributed by atoms with Gasteiger partial charge in [0.25, 0.3) is 17.2 Å². The molecule has 1 unspecified atom stereocenters. The molecular formula is C17H16ClF2N3O5S. The van der Waals surface area contributed by atoms with Crippen molar-refractivity contribution in [3.63, 3.8) is 0 Å². The number of amides is 1. The SMILES string of the molecule is COC(=O)C1(N(c2cc(C(=O)Nc3cc(F)c(F)c(Cl)c3)n(C)c2)S(=O)O)CC1. The van der Waals surface area contributed by atoms with Crippen LogP contribution in [0.25, 0.3) is 0 Å². The fourth-order valence-electron chi connectivity index (χ4n) is 2.99. The molecule has 156 valence electrons. The molecule has 0 spiro atoms. The van der Waals surface area contributed by atoms with E-state index >= 15 is 0 Å². The quantitative estimate of drug-likeness (QED) is 0.403. The van der Waals surface area contributed by atoms with Gasteiger partial charge in [-0.2, -0.15) is 0 Å². The van der Waals surface area contributed by atoms with Crippen molar-refractivity contribution < 1.29 is 31.9 Å². The third-order valence-corrected chi connectivity index (χ3v) is 5.68. The van der Waals surface area contributed by atoms with Gasteiger partial charge in [0.15, 0.2) is 17.2 Å². The van der Waals surface area contributed by atoms with E-state index in [0.717, 1.165) is 16.4 Å². The van der Waals surface area contributed by atoms with Crippen LogP contribution in [0.2, 0.25) is 5.02 Å². The first-order valence-corrected chi connectivity index (χ1v) is 9.67. The van der Waals surface area contributed by atoms with Crippen LogP contribution in [0, 0.1) is 11.6 Å². The minimum atomic E-state index is -2.56. The average Bonchev–Trinajstić information content (AvgIpc) is 3.35. The molecule has 12 heteroatoms. The molecule has 1 heterocycles. The summed E-state index contributed by atoms with van der Waals surface area (Å²) in [5, 5.41) is 1.88. The summed E-state index contributed by atoms with van der Waals surface area (Å²) in [6, 6.07) is 3.12. The summed E-state index contributed by atoms with van der Waals surface area (Å²) < 4.78 is 55.5. The van der Waals surface area contributed by atoms with Gasteiger partial charge in [-0.25, -0.2) is 17.8 Å². The Balaban J connectivity index is 1.90. The van der Waals surface area contributed by atoms with Gasteiger partial charge in [-0.3, -0.25) is 13.7 Å². The molecule has 29 heavy (non-hydrogen) atoms. The number of ether oxygens (including phenoxy) is 1. The summed E-state index contributed by atoms with van der Waals surface area (Å²) in [6.45, 7) is 0. The molecular weight excluding hydrogens is 432 g/mol. The van der Waals surface area contributed by atoms with Crippen LogP contribution in [0.3, 0.4) is 0 Å². The molecule has 8 nitrogen and oxygen atoms in total. The normalized spacial score (nSPS) is 15.5. The molecule has 1 atom stereocenters. The zero-order chi connectivity index (χ0) is 21.5. The van der Waals surface area contributed by atoms with Crippen molar-refractivity contribution >= 4 is 46.1 Å². The second-order valence-electron chi connectivity index (χ2n) is 6.45. The molecule has 1 amide bonds. The highest BCUT2D eigenvalue weighted by atomic mass is 35.5. The first kappa shape index (κ1) is 21.2. The Morgan fingerprint density at radius 1 is 1.34 bits per heavy atom. The van der Waals surface area contributed by atoms with E-state index in [1.165, 1.54) is 31.0 Å². The number of anilines is 2. The minimum absolute atomic E-state index is 0.0389. The van der Waals surface area contributed by atoms with Gasteiger partial charge in [-0.05, 0) is 25.0 Å². The molecule has 0 radical (unpaired) electrons. The fourth-order valence-corrected chi connectivity index (χ4v) is 4.04. The molecule has 1 aliphatic rings. The van der Waals surface area contributed by atoms with Crippen LogP contribution in [0.4, 0.5) is 20.2 Å². The number of aromatic nitrogens is 1. The summed E-state index contributed by atoms with van der Waals surface area (Å²) in [7, 11) is 2.69. The van der Waals surface area contributed by atoms with Crippen LogP contribution in [-0.2, 0) is 27.8 Å². The number of carbonyl (C=O) groups excluding carboxylic acids is 2. The van der Waals surface area contributed by atoms with E-state index in [0.29, 0.717) is 12.8 Å². The van der Waals surface area contributed by atoms with Gasteiger partial charge in [0.1, 0.15) is 5.69 Å². The first-order valence-electron chi connectivity index (χ1n) is 8.22. The molecule has 3 rings (SSSR count). The number of methoxy groups -OCH3 is 1. The van der Waals surface area contributed by atoms with Gasteiger partial charge in [0.2, 0.25) is 0 Å². The third kappa shape index (κ3) is 3.85. The molecule has 1 aromatic carbocycles. The Labute approximate surface area is 171 Å². The highest BCUT2D eigenvalue weighted by Crippen LogP contribution is 2.46. The smallest absolute Gasteiger partial charge is 0.332 e. The second-order valence-corrected chi connectivity index (χ2v) is 7.68. The lowest BCUT2D eigenvalue weighted by Crippen LogP contribution is -2.45. The molecule has 2 aromatic rings. The maximum atomic E-state index is 13.5. The summed E-state index contributed by atoms with van der Waals surface area (Å²) in [5.74, 6) is -3.82. The molecule has 2 N–H and O–H groups in total. The lowest BCUT2D eigenvalue weighted by atomic mass is 10.2. The summed E-state index contributed by atoms with van der Waals surface area (Å²) in [5.41, 5.74) is -1.17. The fraction of sp³-hybridized carbons (Fsp3) is 0.294. The van der Waals surface area contributed by atoms with Crippen molar-refractivity contribution in [2.45, 2.75) is 18.4 Å². The number of rotatable bonds is 6. The largest absolute Gasteiger partial charge is 0.467 e. The Bertz CT molecular complexity index is 1000. The van der Waals surface area contributed by atoms with Crippen molar-refractivity contribution in [3.8, 4) is 0 Å². The predicted molar refractivity (Wildman–Crippen MR) is 102 cm³/mol. The molecule has 1 saturated carbocycles. The number of benzene rings is 1. The Morgan fingerprint density at radius 2 is 2.00 bits per heavy atom. The summed E-state index contributed by atoms with van der Waals surface area (Å²) >= 11 is 3.02.